The molecule has 2 heterocycles. The quantitative estimate of drug-likeness (QED) is 0.0389. The number of hydrogen-bond donors (Lipinski definition) is 2. The summed E-state index contributed by atoms with van der Waals surface area (Å²) < 4.78 is 5.78. The second-order valence-corrected chi connectivity index (χ2v) is 19.0. The van der Waals surface area contributed by atoms with Crippen LogP contribution in [0.4, 0.5) is 5.00 Å². The lowest BCUT2D eigenvalue weighted by Crippen LogP contribution is -2.36. The maximum atomic E-state index is 13.6. The van der Waals surface area contributed by atoms with Gasteiger partial charge in [0.05, 0.1) is 24.6 Å². The average Bonchev–Trinajstić information content (AvgIpc) is 3.61. The monoisotopic (exact) mass is 883 g/mol. The lowest BCUT2D eigenvalue weighted by molar-refractivity contribution is -0.149. The van der Waals surface area contributed by atoms with Gasteiger partial charge in [0.2, 0.25) is 11.8 Å². The molecule has 3 amide bonds. The third-order valence-electron chi connectivity index (χ3n) is 12.0. The fourth-order valence-electron chi connectivity index (χ4n) is 8.08. The van der Waals surface area contributed by atoms with Crippen molar-refractivity contribution in [2.24, 2.45) is 5.92 Å². The molecule has 0 spiro atoms. The minimum Gasteiger partial charge on any atom is -0.465 e. The number of likely N-dealkylation sites (N-methyl/N-ethyl adjacent to an activating group) is 1. The Hall–Kier alpha value is -2.98. The summed E-state index contributed by atoms with van der Waals surface area (Å²) in [6.07, 6.45) is 39.3. The molecule has 0 saturated heterocycles. The van der Waals surface area contributed by atoms with Crippen LogP contribution in [0.1, 0.15) is 221 Å². The van der Waals surface area contributed by atoms with Gasteiger partial charge in [0.1, 0.15) is 5.00 Å². The lowest BCUT2D eigenvalue weighted by Gasteiger charge is -2.27. The molecular formula is C52H90N4O5S. The van der Waals surface area contributed by atoms with E-state index in [1.807, 2.05) is 23.9 Å². The minimum atomic E-state index is -0.164. The second kappa shape index (κ2) is 36.4. The summed E-state index contributed by atoms with van der Waals surface area (Å²) in [5, 5.41) is 6.76. The maximum Gasteiger partial charge on any atom is 0.308 e. The van der Waals surface area contributed by atoms with Crippen molar-refractivity contribution in [3.05, 3.63) is 40.3 Å². The molecule has 1 aromatic heterocycles. The fraction of sp³-hybridized carbons (Fsp3) is 0.769. The molecule has 2 rings (SSSR count). The first-order chi connectivity index (χ1) is 30.2. The van der Waals surface area contributed by atoms with Gasteiger partial charge >= 0.3 is 5.97 Å². The molecule has 9 nitrogen and oxygen atoms in total. The molecule has 0 bridgehead atoms. The number of anilines is 1. The van der Waals surface area contributed by atoms with Crippen LogP contribution in [0.5, 0.6) is 0 Å². The van der Waals surface area contributed by atoms with Crippen molar-refractivity contribution in [1.29, 1.82) is 0 Å². The number of nitrogens with zero attached hydrogens (tertiary/aromatic N) is 2. The van der Waals surface area contributed by atoms with Crippen LogP contribution in [-0.2, 0) is 32.1 Å². The Labute approximate surface area is 383 Å². The zero-order valence-electron chi connectivity index (χ0n) is 40.3. The predicted molar refractivity (Wildman–Crippen MR) is 262 cm³/mol. The number of fused-ring (bicyclic) bond motifs is 1. The van der Waals surface area contributed by atoms with Gasteiger partial charge in [0.15, 0.2) is 0 Å². The number of ether oxygens (including phenoxy) is 1. The SMILES string of the molecule is CCCCC/C=C\C/C=C\CCCCCCCC(=O)Nc1sc2c(c1C(=O)NCCN(C)C)CCN(C(=O)CCCCCOC(=O)C(CCCCCC)CCCCCCCC)C2. The molecule has 354 valence electrons. The van der Waals surface area contributed by atoms with Crippen molar-refractivity contribution >= 4 is 40.0 Å². The van der Waals surface area contributed by atoms with E-state index in [4.69, 9.17) is 4.74 Å². The van der Waals surface area contributed by atoms with Crippen molar-refractivity contribution in [1.82, 2.24) is 15.1 Å². The van der Waals surface area contributed by atoms with Crippen LogP contribution >= 0.6 is 11.3 Å². The van der Waals surface area contributed by atoms with Crippen molar-refractivity contribution < 1.29 is 23.9 Å². The largest absolute Gasteiger partial charge is 0.465 e. The van der Waals surface area contributed by atoms with Crippen LogP contribution in [0.15, 0.2) is 24.3 Å². The van der Waals surface area contributed by atoms with Crippen LogP contribution in [-0.4, -0.2) is 73.8 Å². The number of carbonyl (C=O) groups excluding carboxylic acids is 4. The number of thiophene rings is 1. The normalized spacial score (nSPS) is 13.3. The molecule has 0 radical (unpaired) electrons. The van der Waals surface area contributed by atoms with Gasteiger partial charge in [-0.3, -0.25) is 19.2 Å². The average molecular weight is 883 g/mol. The van der Waals surface area contributed by atoms with Crippen LogP contribution < -0.4 is 10.6 Å². The highest BCUT2D eigenvalue weighted by Crippen LogP contribution is 2.37. The highest BCUT2D eigenvalue weighted by molar-refractivity contribution is 7.17. The molecule has 1 unspecified atom stereocenters. The zero-order chi connectivity index (χ0) is 45.0. The molecule has 1 aliphatic heterocycles. The highest BCUT2D eigenvalue weighted by atomic mass is 32.1. The van der Waals surface area contributed by atoms with E-state index in [1.54, 1.807) is 0 Å². The van der Waals surface area contributed by atoms with Crippen molar-refractivity contribution in [3.63, 3.8) is 0 Å². The van der Waals surface area contributed by atoms with E-state index in [1.165, 1.54) is 94.8 Å². The van der Waals surface area contributed by atoms with Gasteiger partial charge in [-0.25, -0.2) is 0 Å². The number of allylic oxidation sites excluding steroid dienone is 4. The van der Waals surface area contributed by atoms with Gasteiger partial charge in [0.25, 0.3) is 5.91 Å². The molecular weight excluding hydrogens is 793 g/mol. The van der Waals surface area contributed by atoms with Gasteiger partial charge in [0, 0.05) is 37.4 Å². The van der Waals surface area contributed by atoms with Crippen molar-refractivity contribution in [2.75, 3.05) is 45.7 Å². The third kappa shape index (κ3) is 25.3. The Kier molecular flexibility index (Phi) is 32.4. The summed E-state index contributed by atoms with van der Waals surface area (Å²) in [5.74, 6) is -0.141. The molecule has 1 aromatic rings. The zero-order valence-corrected chi connectivity index (χ0v) is 41.1. The maximum absolute atomic E-state index is 13.6. The van der Waals surface area contributed by atoms with E-state index in [-0.39, 0.29) is 29.6 Å². The summed E-state index contributed by atoms with van der Waals surface area (Å²) in [6.45, 7) is 9.34. The van der Waals surface area contributed by atoms with Crippen molar-refractivity contribution in [3.8, 4) is 0 Å². The smallest absolute Gasteiger partial charge is 0.308 e. The Morgan fingerprint density at radius 1 is 0.710 bits per heavy atom. The lowest BCUT2D eigenvalue weighted by atomic mass is 9.94. The van der Waals surface area contributed by atoms with Crippen molar-refractivity contribution in [2.45, 2.75) is 214 Å². The number of nitrogens with one attached hydrogen (secondary N) is 2. The molecule has 0 saturated carbocycles. The van der Waals surface area contributed by atoms with E-state index in [0.717, 1.165) is 100 Å². The third-order valence-corrected chi connectivity index (χ3v) is 13.1. The highest BCUT2D eigenvalue weighted by Gasteiger charge is 2.30. The molecule has 62 heavy (non-hydrogen) atoms. The number of carbonyl (C=O) groups is 4. The Bertz CT molecular complexity index is 1420. The second-order valence-electron chi connectivity index (χ2n) is 17.9. The van der Waals surface area contributed by atoms with Gasteiger partial charge in [-0.1, -0.05) is 141 Å². The van der Waals surface area contributed by atoms with Crippen LogP contribution in [0.25, 0.3) is 0 Å². The van der Waals surface area contributed by atoms with Gasteiger partial charge in [-0.2, -0.15) is 0 Å². The fourth-order valence-corrected chi connectivity index (χ4v) is 9.36. The Morgan fingerprint density at radius 2 is 1.27 bits per heavy atom. The van der Waals surface area contributed by atoms with Gasteiger partial charge in [-0.15, -0.1) is 11.3 Å². The summed E-state index contributed by atoms with van der Waals surface area (Å²) in [6, 6.07) is 0. The van der Waals surface area contributed by atoms with E-state index in [2.05, 4.69) is 55.7 Å². The van der Waals surface area contributed by atoms with Crippen LogP contribution in [0, 0.1) is 5.92 Å². The summed E-state index contributed by atoms with van der Waals surface area (Å²) in [5.41, 5.74) is 1.52. The summed E-state index contributed by atoms with van der Waals surface area (Å²) in [4.78, 5) is 58.1. The molecule has 1 aliphatic rings. The number of rotatable bonds is 38. The molecule has 10 heteroatoms. The number of hydrogen-bond acceptors (Lipinski definition) is 7. The predicted octanol–water partition coefficient (Wildman–Crippen LogP) is 13.1. The molecule has 2 N–H and O–H groups in total. The molecule has 0 aliphatic carbocycles. The van der Waals surface area contributed by atoms with Gasteiger partial charge < -0.3 is 25.2 Å². The molecule has 0 fully saturated rings. The first kappa shape index (κ1) is 55.2. The first-order valence-corrected chi connectivity index (χ1v) is 26.1. The van der Waals surface area contributed by atoms with Crippen LogP contribution in [0.3, 0.4) is 0 Å². The topological polar surface area (TPSA) is 108 Å². The number of esters is 1. The van der Waals surface area contributed by atoms with E-state index in [0.29, 0.717) is 56.1 Å². The Morgan fingerprint density at radius 3 is 1.95 bits per heavy atom. The molecule has 1 atom stereocenters. The van der Waals surface area contributed by atoms with Gasteiger partial charge in [-0.05, 0) is 96.7 Å². The van der Waals surface area contributed by atoms with E-state index < -0.39 is 0 Å². The summed E-state index contributed by atoms with van der Waals surface area (Å²) >= 11 is 1.44. The van der Waals surface area contributed by atoms with E-state index >= 15 is 0 Å². The summed E-state index contributed by atoms with van der Waals surface area (Å²) in [7, 11) is 3.95. The van der Waals surface area contributed by atoms with Crippen LogP contribution in [0.2, 0.25) is 0 Å². The number of amides is 3. The molecule has 0 aromatic carbocycles. The number of unbranched alkanes of at least 4 members (excludes halogenated alkanes) is 18. The standard InChI is InChI=1S/C52H90N4O5S/c1-6-9-12-15-17-18-19-20-21-22-23-24-25-27-31-36-47(57)54-51-49(50(59)53-39-41-55(4)5)45-38-40-56(43-46(45)62-51)48(58)37-32-28-33-42-61-52(60)44(34-29-14-11-8-3)35-30-26-16-13-10-7-2/h17-18,20-21,44H,6-16,19,22-43H2,1-5H3,(H,53,59)(H,54,57)/b18-17-,21-20-. The Balaban J connectivity index is 1.81. The minimum absolute atomic E-state index is 0.00915. The van der Waals surface area contributed by atoms with E-state index in [9.17, 15) is 19.2 Å². The first-order valence-electron chi connectivity index (χ1n) is 25.3.